The first-order chi connectivity index (χ1) is 26.6. The standard InChI is InChI=1S/C41H47N7O5S/c1-50-26-6-2-3-7-27-51-33-20-16-32(17-21-33)46-24-22-35(23-25-46)52-34-18-14-30(15-19-34)39-44-47-38(28-42-41(47)54-39)29-10-12-31(13-11-29)40(49)53-48-37-9-5-4-8-36(37)43-45-48/h4-5,8-15,18-19,28,32-33,35H,2-3,6-7,16-17,20-27H2,1H3. The molecule has 8 rings (SSSR count). The van der Waals surface area contributed by atoms with Crippen LogP contribution in [0.15, 0.2) is 79.0 Å². The number of carbonyl (C=O) groups is 1. The molecule has 2 aliphatic rings. The van der Waals surface area contributed by atoms with Crippen LogP contribution < -0.4 is 9.57 Å². The van der Waals surface area contributed by atoms with Crippen LogP contribution in [0.25, 0.3) is 37.8 Å². The summed E-state index contributed by atoms with van der Waals surface area (Å²) in [5.41, 5.74) is 4.39. The van der Waals surface area contributed by atoms with Gasteiger partial charge in [0.05, 0.1) is 23.6 Å². The van der Waals surface area contributed by atoms with E-state index in [4.69, 9.17) is 24.1 Å². The molecule has 0 bridgehead atoms. The summed E-state index contributed by atoms with van der Waals surface area (Å²) in [5.74, 6) is 0.366. The average Bonchev–Trinajstić information content (AvgIpc) is 3.94. The number of hydrogen-bond acceptors (Lipinski definition) is 11. The highest BCUT2D eigenvalue weighted by Gasteiger charge is 2.30. The van der Waals surface area contributed by atoms with Crippen molar-refractivity contribution in [2.24, 2.45) is 0 Å². The summed E-state index contributed by atoms with van der Waals surface area (Å²) in [5, 5.41) is 13.7. The molecule has 1 saturated carbocycles. The monoisotopic (exact) mass is 749 g/mol. The SMILES string of the molecule is COCCCCCCOC1CCC(N2CCC(Oc3ccc(-c4nn5c(-c6ccc(C(=O)On7nnc8ccccc87)cc6)cnc5s4)cc3)CC2)CC1. The molecule has 13 heteroatoms. The topological polar surface area (TPSA) is 118 Å². The summed E-state index contributed by atoms with van der Waals surface area (Å²) >= 11 is 1.53. The molecule has 0 amide bonds. The van der Waals surface area contributed by atoms with E-state index >= 15 is 0 Å². The molecule has 54 heavy (non-hydrogen) atoms. The van der Waals surface area contributed by atoms with Gasteiger partial charge >= 0.3 is 5.97 Å². The maximum atomic E-state index is 12.8. The number of imidazole rings is 1. The molecule has 3 aromatic carbocycles. The van der Waals surface area contributed by atoms with Crippen LogP contribution >= 0.6 is 11.3 Å². The van der Waals surface area contributed by atoms with Crippen LogP contribution in [0.4, 0.5) is 0 Å². The molecule has 0 spiro atoms. The molecule has 0 unspecified atom stereocenters. The van der Waals surface area contributed by atoms with Crippen LogP contribution in [0.1, 0.15) is 74.6 Å². The number of nitrogens with zero attached hydrogens (tertiary/aromatic N) is 7. The van der Waals surface area contributed by atoms with Gasteiger partial charge in [0.25, 0.3) is 0 Å². The van der Waals surface area contributed by atoms with Gasteiger partial charge in [-0.25, -0.2) is 14.3 Å². The van der Waals surface area contributed by atoms with Gasteiger partial charge in [0.1, 0.15) is 27.9 Å². The van der Waals surface area contributed by atoms with Gasteiger partial charge in [-0.2, -0.15) is 5.10 Å². The molecule has 0 N–H and O–H groups in total. The highest BCUT2D eigenvalue weighted by molar-refractivity contribution is 7.19. The Hall–Kier alpha value is -4.69. The summed E-state index contributed by atoms with van der Waals surface area (Å²) in [7, 11) is 1.77. The molecule has 2 fully saturated rings. The molecule has 1 aliphatic heterocycles. The molecule has 6 aromatic rings. The van der Waals surface area contributed by atoms with Crippen molar-refractivity contribution in [3.05, 3.63) is 84.6 Å². The maximum Gasteiger partial charge on any atom is 0.365 e. The number of carbonyl (C=O) groups excluding carboxylic acids is 1. The number of aromatic nitrogens is 6. The van der Waals surface area contributed by atoms with E-state index in [9.17, 15) is 4.79 Å². The van der Waals surface area contributed by atoms with Gasteiger partial charge in [-0.15, -0.1) is 5.10 Å². The van der Waals surface area contributed by atoms with Crippen molar-refractivity contribution in [3.8, 4) is 27.6 Å². The van der Waals surface area contributed by atoms with E-state index in [-0.39, 0.29) is 6.10 Å². The Balaban J connectivity index is 0.799. The molecule has 12 nitrogen and oxygen atoms in total. The molecule has 0 radical (unpaired) electrons. The third kappa shape index (κ3) is 8.49. The number of benzene rings is 3. The Kier molecular flexibility index (Phi) is 11.6. The summed E-state index contributed by atoms with van der Waals surface area (Å²) in [6, 6.07) is 23.4. The van der Waals surface area contributed by atoms with Crippen LogP contribution in [0.5, 0.6) is 5.75 Å². The molecular weight excluding hydrogens is 703 g/mol. The number of piperidine rings is 1. The first-order valence-corrected chi connectivity index (χ1v) is 20.0. The third-order valence-electron chi connectivity index (χ3n) is 10.6. The Morgan fingerprint density at radius 3 is 2.33 bits per heavy atom. The van der Waals surface area contributed by atoms with Gasteiger partial charge in [0, 0.05) is 50.6 Å². The second kappa shape index (κ2) is 17.2. The van der Waals surface area contributed by atoms with Gasteiger partial charge in [0.2, 0.25) is 4.96 Å². The van der Waals surface area contributed by atoms with E-state index in [1.165, 1.54) is 49.9 Å². The number of rotatable bonds is 15. The van der Waals surface area contributed by atoms with Gasteiger partial charge in [-0.3, -0.25) is 0 Å². The van der Waals surface area contributed by atoms with Crippen molar-refractivity contribution in [2.75, 3.05) is 33.4 Å². The number of hydrogen-bond donors (Lipinski definition) is 0. The number of likely N-dealkylation sites (tertiary alicyclic amines) is 1. The smallest absolute Gasteiger partial charge is 0.365 e. The fourth-order valence-electron chi connectivity index (χ4n) is 7.59. The molecular formula is C41H47N7O5S. The number of methoxy groups -OCH3 is 1. The Labute approximate surface area is 318 Å². The minimum Gasteiger partial charge on any atom is -0.490 e. The lowest BCUT2D eigenvalue weighted by molar-refractivity contribution is -0.00422. The lowest BCUT2D eigenvalue weighted by Gasteiger charge is -2.40. The Bertz CT molecular complexity index is 2110. The maximum absolute atomic E-state index is 12.8. The van der Waals surface area contributed by atoms with Gasteiger partial charge in [-0.05, 0) is 105 Å². The van der Waals surface area contributed by atoms with Crippen LogP contribution in [-0.2, 0) is 9.47 Å². The second-order valence-corrected chi connectivity index (χ2v) is 15.2. The molecule has 4 heterocycles. The zero-order valence-electron chi connectivity index (χ0n) is 30.7. The van der Waals surface area contributed by atoms with Crippen LogP contribution in [0.3, 0.4) is 0 Å². The summed E-state index contributed by atoms with van der Waals surface area (Å²) < 4.78 is 19.7. The average molecular weight is 750 g/mol. The predicted molar refractivity (Wildman–Crippen MR) is 208 cm³/mol. The quantitative estimate of drug-likeness (QED) is 0.0771. The predicted octanol–water partition coefficient (Wildman–Crippen LogP) is 7.52. The molecule has 1 aliphatic carbocycles. The lowest BCUT2D eigenvalue weighted by atomic mass is 9.90. The van der Waals surface area contributed by atoms with E-state index in [0.717, 1.165) is 89.4 Å². The van der Waals surface area contributed by atoms with E-state index in [0.29, 0.717) is 28.7 Å². The molecule has 1 saturated heterocycles. The van der Waals surface area contributed by atoms with Crippen molar-refractivity contribution < 1.29 is 23.8 Å². The zero-order chi connectivity index (χ0) is 36.7. The highest BCUT2D eigenvalue weighted by Crippen LogP contribution is 2.32. The van der Waals surface area contributed by atoms with Crippen molar-refractivity contribution in [1.82, 2.24) is 34.7 Å². The van der Waals surface area contributed by atoms with Gasteiger partial charge in [-0.1, -0.05) is 53.3 Å². The first kappa shape index (κ1) is 36.3. The molecule has 282 valence electrons. The van der Waals surface area contributed by atoms with E-state index < -0.39 is 5.97 Å². The van der Waals surface area contributed by atoms with Crippen LogP contribution in [0.2, 0.25) is 0 Å². The molecule has 0 atom stereocenters. The van der Waals surface area contributed by atoms with E-state index in [1.54, 1.807) is 31.5 Å². The number of para-hydroxylation sites is 1. The lowest BCUT2D eigenvalue weighted by Crippen LogP contribution is -2.46. The van der Waals surface area contributed by atoms with Crippen molar-refractivity contribution in [3.63, 3.8) is 0 Å². The third-order valence-corrected chi connectivity index (χ3v) is 11.6. The number of fused-ring (bicyclic) bond motifs is 2. The number of ether oxygens (including phenoxy) is 3. The normalized spacial score (nSPS) is 18.4. The number of unbranched alkanes of at least 4 members (excludes halogenated alkanes) is 3. The first-order valence-electron chi connectivity index (χ1n) is 19.2. The van der Waals surface area contributed by atoms with E-state index in [2.05, 4.69) is 32.3 Å². The summed E-state index contributed by atoms with van der Waals surface area (Å²) in [6.07, 6.45) is 14.2. The minimum atomic E-state index is -0.528. The summed E-state index contributed by atoms with van der Waals surface area (Å²) in [6.45, 7) is 3.94. The van der Waals surface area contributed by atoms with Crippen molar-refractivity contribution in [2.45, 2.75) is 82.5 Å². The Morgan fingerprint density at radius 1 is 0.815 bits per heavy atom. The van der Waals surface area contributed by atoms with Crippen LogP contribution in [-0.4, -0.2) is 92.3 Å². The largest absolute Gasteiger partial charge is 0.490 e. The van der Waals surface area contributed by atoms with Gasteiger partial charge in [0.15, 0.2) is 0 Å². The fraction of sp³-hybridized carbons (Fsp3) is 0.439. The van der Waals surface area contributed by atoms with Crippen molar-refractivity contribution in [1.29, 1.82) is 0 Å². The summed E-state index contributed by atoms with van der Waals surface area (Å²) in [4.78, 5) is 27.5. The van der Waals surface area contributed by atoms with E-state index in [1.807, 2.05) is 47.0 Å². The Morgan fingerprint density at radius 2 is 1.56 bits per heavy atom. The van der Waals surface area contributed by atoms with Crippen LogP contribution in [0, 0.1) is 0 Å². The minimum absolute atomic E-state index is 0.233. The second-order valence-electron chi connectivity index (χ2n) is 14.2. The molecule has 3 aromatic heterocycles. The highest BCUT2D eigenvalue weighted by atomic mass is 32.1. The van der Waals surface area contributed by atoms with Crippen molar-refractivity contribution >= 4 is 33.3 Å². The fourth-order valence-corrected chi connectivity index (χ4v) is 8.47. The zero-order valence-corrected chi connectivity index (χ0v) is 31.5. The van der Waals surface area contributed by atoms with Gasteiger partial charge < -0.3 is 23.9 Å².